The Morgan fingerprint density at radius 1 is 0.440 bits per heavy atom. The third-order valence-corrected chi connectivity index (χ3v) is 18.5. The van der Waals surface area contributed by atoms with E-state index in [4.69, 9.17) is 0 Å². The van der Waals surface area contributed by atoms with Gasteiger partial charge < -0.3 is 4.90 Å². The molecule has 0 radical (unpaired) electrons. The second kappa shape index (κ2) is 16.8. The van der Waals surface area contributed by atoms with Crippen LogP contribution in [-0.2, 0) is 32.5 Å². The van der Waals surface area contributed by atoms with E-state index in [0.717, 1.165) is 12.8 Å². The van der Waals surface area contributed by atoms with Crippen molar-refractivity contribution in [2.45, 2.75) is 161 Å². The first-order valence-electron chi connectivity index (χ1n) is 28.1. The largest absolute Gasteiger partial charge is 0.311 e. The Morgan fingerprint density at radius 2 is 0.947 bits per heavy atom. The predicted octanol–water partition coefficient (Wildman–Crippen LogP) is 17.1. The quantitative estimate of drug-likeness (QED) is 0.119. The fourth-order valence-electron chi connectivity index (χ4n) is 15.3. The lowest BCUT2D eigenvalue weighted by Gasteiger charge is -2.45. The van der Waals surface area contributed by atoms with E-state index >= 15 is 0 Å². The molecule has 2 heteroatoms. The van der Waals surface area contributed by atoms with Gasteiger partial charge in [-0.15, -0.1) is 0 Å². The number of benzene rings is 8. The second-order valence-corrected chi connectivity index (χ2v) is 28.0. The van der Waals surface area contributed by atoms with Crippen molar-refractivity contribution in [3.8, 4) is 11.1 Å². The van der Waals surface area contributed by atoms with Crippen molar-refractivity contribution in [2.75, 3.05) is 4.90 Å². The molecular formula is C73H78BN. The summed E-state index contributed by atoms with van der Waals surface area (Å²) in [6.45, 7) is 36.5. The van der Waals surface area contributed by atoms with Crippen LogP contribution >= 0.6 is 0 Å². The third kappa shape index (κ3) is 7.93. The van der Waals surface area contributed by atoms with Gasteiger partial charge in [0, 0.05) is 28.8 Å². The highest BCUT2D eigenvalue weighted by Crippen LogP contribution is 2.56. The van der Waals surface area contributed by atoms with Gasteiger partial charge in [-0.05, 0) is 165 Å². The minimum Gasteiger partial charge on any atom is -0.311 e. The van der Waals surface area contributed by atoms with E-state index in [-0.39, 0.29) is 51.0 Å². The Labute approximate surface area is 451 Å². The van der Waals surface area contributed by atoms with Crippen molar-refractivity contribution in [3.05, 3.63) is 236 Å². The van der Waals surface area contributed by atoms with Gasteiger partial charge in [-0.3, -0.25) is 0 Å². The SMILES string of the molecule is Cc1cc2c(cc1C1c3cc(C(C)(C)C)ccc3B3c4cc5c(cc4N(c4ccc(C(C)(C)C)cc4-c4ccccc4)c4cc(C(c6ccccc6)c6ccccc6)cc1c43)C(C)(C)CC5(C)C)C(C)(C)CC2(C)C. The summed E-state index contributed by atoms with van der Waals surface area (Å²) in [6, 6.07) is 64.9. The van der Waals surface area contributed by atoms with Gasteiger partial charge in [0.15, 0.2) is 0 Å². The molecule has 2 aliphatic carbocycles. The lowest BCUT2D eigenvalue weighted by Crippen LogP contribution is -2.62. The predicted molar refractivity (Wildman–Crippen MR) is 322 cm³/mol. The van der Waals surface area contributed by atoms with Gasteiger partial charge in [-0.1, -0.05) is 242 Å². The Bertz CT molecular complexity index is 3540. The molecular weight excluding hydrogens is 902 g/mol. The zero-order valence-electron chi connectivity index (χ0n) is 47.7. The summed E-state index contributed by atoms with van der Waals surface area (Å²) in [5.74, 6) is -0.00890. The molecule has 0 aromatic heterocycles. The lowest BCUT2D eigenvalue weighted by atomic mass is 9.30. The number of rotatable bonds is 6. The van der Waals surface area contributed by atoms with Gasteiger partial charge in [0.25, 0.3) is 0 Å². The summed E-state index contributed by atoms with van der Waals surface area (Å²) in [5, 5.41) is 0. The van der Waals surface area contributed by atoms with Crippen LogP contribution in [-0.4, -0.2) is 6.71 Å². The molecule has 75 heavy (non-hydrogen) atoms. The summed E-state index contributed by atoms with van der Waals surface area (Å²) >= 11 is 0. The number of hydrogen-bond acceptors (Lipinski definition) is 1. The maximum absolute atomic E-state index is 2.75. The van der Waals surface area contributed by atoms with Gasteiger partial charge in [-0.2, -0.15) is 0 Å². The van der Waals surface area contributed by atoms with E-state index in [1.54, 1.807) is 0 Å². The van der Waals surface area contributed by atoms with E-state index < -0.39 is 0 Å². The molecule has 1 atom stereocenters. The van der Waals surface area contributed by atoms with E-state index in [1.165, 1.54) is 117 Å². The molecule has 378 valence electrons. The van der Waals surface area contributed by atoms with Crippen molar-refractivity contribution in [1.29, 1.82) is 0 Å². The van der Waals surface area contributed by atoms with Gasteiger partial charge in [0.1, 0.15) is 0 Å². The minimum absolute atomic E-state index is 0.00149. The van der Waals surface area contributed by atoms with Crippen LogP contribution in [0.15, 0.2) is 164 Å². The molecule has 12 rings (SSSR count). The van der Waals surface area contributed by atoms with E-state index in [1.807, 2.05) is 0 Å². The fraction of sp³-hybridized carbons (Fsp3) is 0.342. The molecule has 0 amide bonds. The fourth-order valence-corrected chi connectivity index (χ4v) is 15.3. The average Bonchev–Trinajstić information content (AvgIpc) is 3.71. The number of nitrogens with zero attached hydrogens (tertiary/aromatic N) is 1. The minimum atomic E-state index is -0.0403. The lowest BCUT2D eigenvalue weighted by molar-refractivity contribution is 0.402. The van der Waals surface area contributed by atoms with Crippen LogP contribution in [0.2, 0.25) is 0 Å². The topological polar surface area (TPSA) is 3.24 Å². The molecule has 1 unspecified atom stereocenters. The Balaban J connectivity index is 1.27. The van der Waals surface area contributed by atoms with Crippen LogP contribution in [0.1, 0.15) is 194 Å². The first-order chi connectivity index (χ1) is 35.3. The number of hydrogen-bond donors (Lipinski definition) is 0. The van der Waals surface area contributed by atoms with Crippen LogP contribution in [0, 0.1) is 6.92 Å². The highest BCUT2D eigenvalue weighted by Gasteiger charge is 2.50. The van der Waals surface area contributed by atoms with Crippen molar-refractivity contribution in [1.82, 2.24) is 0 Å². The van der Waals surface area contributed by atoms with Gasteiger partial charge in [0.05, 0.1) is 5.69 Å². The van der Waals surface area contributed by atoms with E-state index in [2.05, 4.69) is 273 Å². The van der Waals surface area contributed by atoms with Gasteiger partial charge in [-0.25, -0.2) is 0 Å². The number of anilines is 3. The summed E-state index contributed by atoms with van der Waals surface area (Å²) in [5.41, 5.74) is 29.1. The summed E-state index contributed by atoms with van der Waals surface area (Å²) < 4.78 is 0. The van der Waals surface area contributed by atoms with Gasteiger partial charge in [0.2, 0.25) is 6.71 Å². The van der Waals surface area contributed by atoms with Crippen molar-refractivity contribution < 1.29 is 0 Å². The highest BCUT2D eigenvalue weighted by molar-refractivity contribution is 6.99. The van der Waals surface area contributed by atoms with Crippen molar-refractivity contribution in [2.24, 2.45) is 0 Å². The molecule has 0 saturated carbocycles. The molecule has 1 nitrogen and oxygen atoms in total. The summed E-state index contributed by atoms with van der Waals surface area (Å²) in [7, 11) is 0. The Morgan fingerprint density at radius 3 is 1.52 bits per heavy atom. The first-order valence-corrected chi connectivity index (χ1v) is 28.1. The Hall–Kier alpha value is -6.38. The molecule has 0 saturated heterocycles. The van der Waals surface area contributed by atoms with E-state index in [0.29, 0.717) is 0 Å². The summed E-state index contributed by atoms with van der Waals surface area (Å²) in [4.78, 5) is 2.75. The van der Waals surface area contributed by atoms with Crippen molar-refractivity contribution in [3.63, 3.8) is 0 Å². The average molecular weight is 980 g/mol. The molecule has 4 aliphatic rings. The maximum atomic E-state index is 2.75. The number of fused-ring (bicyclic) bond motifs is 6. The van der Waals surface area contributed by atoms with Gasteiger partial charge >= 0.3 is 0 Å². The zero-order chi connectivity index (χ0) is 52.9. The molecule has 2 heterocycles. The molecule has 8 aromatic carbocycles. The van der Waals surface area contributed by atoms with Crippen molar-refractivity contribution >= 4 is 40.2 Å². The van der Waals surface area contributed by atoms with Crippen LogP contribution in [0.25, 0.3) is 11.1 Å². The second-order valence-electron chi connectivity index (χ2n) is 28.0. The van der Waals surface area contributed by atoms with Crippen LogP contribution in [0.5, 0.6) is 0 Å². The molecule has 0 N–H and O–H groups in total. The maximum Gasteiger partial charge on any atom is 0.247 e. The molecule has 0 fully saturated rings. The molecule has 0 spiro atoms. The normalized spacial score (nSPS) is 18.3. The monoisotopic (exact) mass is 980 g/mol. The molecule has 0 bridgehead atoms. The highest BCUT2D eigenvalue weighted by atomic mass is 15.2. The first kappa shape index (κ1) is 49.5. The smallest absolute Gasteiger partial charge is 0.247 e. The molecule has 8 aromatic rings. The standard InChI is InChI=1S/C73H78BN/c1-45-35-56-57(71(10,11)43-70(56,8)9)40-52(45)66-54-39-50(68(2,3)4)31-33-60(54)74-61-41-58-59(73(14,15)44-72(58,12)13)42-63(61)75(62-34-32-51(69(5,6)7)38-53(62)46-25-19-16-20-26-46)64-37-49(36-55(66)67(64)74)65(47-27-21-17-22-28-47)48-29-23-18-24-30-48/h16-42,65-66H,43-44H2,1-15H3. The van der Waals surface area contributed by atoms with Crippen LogP contribution in [0.3, 0.4) is 0 Å². The zero-order valence-corrected chi connectivity index (χ0v) is 47.7. The summed E-state index contributed by atoms with van der Waals surface area (Å²) in [6.07, 6.45) is 2.24. The Kier molecular flexibility index (Phi) is 11.1. The van der Waals surface area contributed by atoms with Crippen LogP contribution < -0.4 is 21.3 Å². The molecule has 2 aliphatic heterocycles. The third-order valence-electron chi connectivity index (χ3n) is 18.5. The van der Waals surface area contributed by atoms with E-state index in [9.17, 15) is 0 Å². The number of aryl methyl sites for hydroxylation is 1. The van der Waals surface area contributed by atoms with Crippen LogP contribution in [0.4, 0.5) is 17.1 Å².